The van der Waals surface area contributed by atoms with Crippen molar-refractivity contribution in [2.75, 3.05) is 19.0 Å². The normalized spacial score (nSPS) is 13.6. The third kappa shape index (κ3) is 5.47. The molecule has 1 N–H and O–H groups in total. The number of fused-ring (bicyclic) bond motifs is 1. The third-order valence-electron chi connectivity index (χ3n) is 4.69. The van der Waals surface area contributed by atoms with E-state index >= 15 is 0 Å². The number of benzene rings is 2. The summed E-state index contributed by atoms with van der Waals surface area (Å²) in [6.07, 6.45) is 0. The molecule has 162 valence electrons. The molecule has 0 saturated carbocycles. The zero-order chi connectivity index (χ0) is 21.8. The van der Waals surface area contributed by atoms with Crippen molar-refractivity contribution in [1.29, 1.82) is 0 Å². The van der Waals surface area contributed by atoms with E-state index < -0.39 is 0 Å². The van der Waals surface area contributed by atoms with Crippen LogP contribution in [0.3, 0.4) is 0 Å². The summed E-state index contributed by atoms with van der Waals surface area (Å²) in [5.41, 5.74) is 2.34. The lowest BCUT2D eigenvalue weighted by Crippen LogP contribution is -2.28. The number of thioether (sulfide) groups is 1. The maximum absolute atomic E-state index is 12.3. The van der Waals surface area contributed by atoms with Crippen molar-refractivity contribution < 1.29 is 18.8 Å². The van der Waals surface area contributed by atoms with Crippen LogP contribution in [0.5, 0.6) is 11.5 Å². The van der Waals surface area contributed by atoms with Crippen LogP contribution in [0.2, 0.25) is 10.0 Å². The predicted molar refractivity (Wildman–Crippen MR) is 122 cm³/mol. The van der Waals surface area contributed by atoms with Crippen molar-refractivity contribution >= 4 is 40.9 Å². The number of ether oxygens (including phenoxy) is 2. The first-order valence-electron chi connectivity index (χ1n) is 9.67. The number of nitrogens with one attached hydrogen (secondary N) is 1. The minimum absolute atomic E-state index is 0.0622. The highest BCUT2D eigenvalue weighted by atomic mass is 35.5. The Bertz CT molecular complexity index is 1090. The molecule has 0 unspecified atom stereocenters. The Hall–Kier alpha value is -2.35. The van der Waals surface area contributed by atoms with Gasteiger partial charge in [-0.1, -0.05) is 34.4 Å². The summed E-state index contributed by atoms with van der Waals surface area (Å²) in [6.45, 7) is 3.02. The molecular weight excluding hydrogens is 459 g/mol. The number of halogens is 2. The fourth-order valence-corrected chi connectivity index (χ4v) is 4.36. The summed E-state index contributed by atoms with van der Waals surface area (Å²) in [5.74, 6) is 2.86. The van der Waals surface area contributed by atoms with Crippen molar-refractivity contribution in [3.8, 4) is 22.8 Å². The molecule has 0 fully saturated rings. The van der Waals surface area contributed by atoms with E-state index in [1.165, 1.54) is 11.8 Å². The van der Waals surface area contributed by atoms with E-state index in [1.807, 2.05) is 31.2 Å². The Balaban J connectivity index is 1.27. The topological polar surface area (TPSA) is 73.6 Å². The number of nitrogens with zero attached hydrogens (tertiary/aromatic N) is 1. The van der Waals surface area contributed by atoms with E-state index in [0.29, 0.717) is 52.0 Å². The van der Waals surface area contributed by atoms with Crippen molar-refractivity contribution in [3.05, 3.63) is 63.8 Å². The van der Waals surface area contributed by atoms with Crippen molar-refractivity contribution in [1.82, 2.24) is 10.5 Å². The van der Waals surface area contributed by atoms with Crippen LogP contribution >= 0.6 is 35.0 Å². The summed E-state index contributed by atoms with van der Waals surface area (Å²) in [7, 11) is 0. The standard InChI is InChI=1S/C22H20Cl2N2O4S/c1-13(14-2-5-20-21(8-14)29-7-6-28-20)25-22(27)12-31-11-16-10-19(26-30-16)17-4-3-15(23)9-18(17)24/h2-5,8-10,13H,6-7,11-12H2,1H3,(H,25,27)/t13-/m0/s1. The van der Waals surface area contributed by atoms with Gasteiger partial charge in [0, 0.05) is 16.7 Å². The Kier molecular flexibility index (Phi) is 6.95. The van der Waals surface area contributed by atoms with E-state index in [0.717, 1.165) is 16.9 Å². The number of hydrogen-bond acceptors (Lipinski definition) is 6. The van der Waals surface area contributed by atoms with Gasteiger partial charge < -0.3 is 19.3 Å². The zero-order valence-corrected chi connectivity index (χ0v) is 19.0. The second-order valence-corrected chi connectivity index (χ2v) is 8.82. The van der Waals surface area contributed by atoms with Gasteiger partial charge in [0.15, 0.2) is 11.5 Å². The molecule has 6 nitrogen and oxygen atoms in total. The van der Waals surface area contributed by atoms with Gasteiger partial charge >= 0.3 is 0 Å². The molecule has 0 bridgehead atoms. The summed E-state index contributed by atoms with van der Waals surface area (Å²) in [4.78, 5) is 12.3. The van der Waals surface area contributed by atoms with Crippen LogP contribution in [0.4, 0.5) is 0 Å². The number of carbonyl (C=O) groups is 1. The van der Waals surface area contributed by atoms with Crippen molar-refractivity contribution in [3.63, 3.8) is 0 Å². The van der Waals surface area contributed by atoms with E-state index in [9.17, 15) is 4.79 Å². The lowest BCUT2D eigenvalue weighted by molar-refractivity contribution is -0.119. The van der Waals surface area contributed by atoms with Crippen molar-refractivity contribution in [2.24, 2.45) is 0 Å². The molecule has 1 aliphatic heterocycles. The number of aromatic nitrogens is 1. The molecule has 0 aliphatic carbocycles. The highest BCUT2D eigenvalue weighted by Gasteiger charge is 2.16. The number of carbonyl (C=O) groups excluding carboxylic acids is 1. The van der Waals surface area contributed by atoms with E-state index in [2.05, 4.69) is 10.5 Å². The number of rotatable bonds is 7. The fourth-order valence-electron chi connectivity index (χ4n) is 3.15. The summed E-state index contributed by atoms with van der Waals surface area (Å²) in [5, 5.41) is 8.13. The molecular formula is C22H20Cl2N2O4S. The van der Waals surface area contributed by atoms with Gasteiger partial charge in [0.2, 0.25) is 5.91 Å². The van der Waals surface area contributed by atoms with E-state index in [1.54, 1.807) is 18.2 Å². The highest BCUT2D eigenvalue weighted by molar-refractivity contribution is 7.99. The Morgan fingerprint density at radius 3 is 2.74 bits per heavy atom. The van der Waals surface area contributed by atoms with E-state index in [-0.39, 0.29) is 11.9 Å². The van der Waals surface area contributed by atoms with Crippen LogP contribution in [-0.4, -0.2) is 30.0 Å². The maximum atomic E-state index is 12.3. The SMILES string of the molecule is C[C@H](NC(=O)CSCc1cc(-c2ccc(Cl)cc2Cl)no1)c1ccc2c(c1)OCCO2. The zero-order valence-electron chi connectivity index (χ0n) is 16.7. The van der Waals surface area contributed by atoms with Gasteiger partial charge in [-0.25, -0.2) is 0 Å². The molecule has 0 spiro atoms. The van der Waals surface area contributed by atoms with Crippen LogP contribution in [0, 0.1) is 0 Å². The van der Waals surface area contributed by atoms with E-state index in [4.69, 9.17) is 37.2 Å². The van der Waals surface area contributed by atoms with Gasteiger partial charge in [0.25, 0.3) is 0 Å². The molecule has 4 rings (SSSR count). The molecule has 2 heterocycles. The molecule has 1 atom stereocenters. The minimum atomic E-state index is -0.146. The smallest absolute Gasteiger partial charge is 0.230 e. The lowest BCUT2D eigenvalue weighted by Gasteiger charge is -2.21. The quantitative estimate of drug-likeness (QED) is 0.481. The molecule has 0 radical (unpaired) electrons. The summed E-state index contributed by atoms with van der Waals surface area (Å²) >= 11 is 13.6. The lowest BCUT2D eigenvalue weighted by atomic mass is 10.1. The first kappa shape index (κ1) is 21.9. The second-order valence-electron chi connectivity index (χ2n) is 6.99. The average Bonchev–Trinajstić information content (AvgIpc) is 3.22. The van der Waals surface area contributed by atoms with Crippen LogP contribution in [0.25, 0.3) is 11.3 Å². The summed E-state index contributed by atoms with van der Waals surface area (Å²) in [6, 6.07) is 12.6. The fraction of sp³-hybridized carbons (Fsp3) is 0.273. The molecule has 2 aromatic carbocycles. The molecule has 9 heteroatoms. The summed E-state index contributed by atoms with van der Waals surface area (Å²) < 4.78 is 16.5. The maximum Gasteiger partial charge on any atom is 0.230 e. The molecule has 1 aromatic heterocycles. The molecule has 1 aliphatic rings. The Morgan fingerprint density at radius 2 is 1.94 bits per heavy atom. The van der Waals surface area contributed by atoms with Gasteiger partial charge in [-0.3, -0.25) is 4.79 Å². The molecule has 31 heavy (non-hydrogen) atoms. The van der Waals surface area contributed by atoms with Crippen LogP contribution in [0.1, 0.15) is 24.3 Å². The Morgan fingerprint density at radius 1 is 1.13 bits per heavy atom. The van der Waals surface area contributed by atoms with Crippen LogP contribution < -0.4 is 14.8 Å². The number of hydrogen-bond donors (Lipinski definition) is 1. The largest absolute Gasteiger partial charge is 0.486 e. The first-order chi connectivity index (χ1) is 15.0. The van der Waals surface area contributed by atoms with Crippen LogP contribution in [0.15, 0.2) is 47.0 Å². The third-order valence-corrected chi connectivity index (χ3v) is 6.19. The van der Waals surface area contributed by atoms with Gasteiger partial charge in [-0.2, -0.15) is 0 Å². The van der Waals surface area contributed by atoms with Gasteiger partial charge in [-0.05, 0) is 42.8 Å². The van der Waals surface area contributed by atoms with Gasteiger partial charge in [0.05, 0.1) is 22.6 Å². The number of amides is 1. The van der Waals surface area contributed by atoms with Gasteiger partial charge in [0.1, 0.15) is 24.7 Å². The molecule has 0 saturated heterocycles. The Labute approximate surface area is 194 Å². The second kappa shape index (κ2) is 9.85. The monoisotopic (exact) mass is 478 g/mol. The molecule has 3 aromatic rings. The minimum Gasteiger partial charge on any atom is -0.486 e. The first-order valence-corrected chi connectivity index (χ1v) is 11.6. The van der Waals surface area contributed by atoms with Crippen molar-refractivity contribution in [2.45, 2.75) is 18.7 Å². The average molecular weight is 479 g/mol. The highest BCUT2D eigenvalue weighted by Crippen LogP contribution is 2.33. The van der Waals surface area contributed by atoms with Crippen LogP contribution in [-0.2, 0) is 10.5 Å². The predicted octanol–water partition coefficient (Wildman–Crippen LogP) is 5.53. The molecule has 1 amide bonds. The van der Waals surface area contributed by atoms with Gasteiger partial charge in [-0.15, -0.1) is 11.8 Å².